The van der Waals surface area contributed by atoms with Gasteiger partial charge in [-0.15, -0.1) is 0 Å². The summed E-state index contributed by atoms with van der Waals surface area (Å²) >= 11 is 0. The van der Waals surface area contributed by atoms with Crippen LogP contribution < -0.4 is 0 Å². The fraction of sp³-hybridized carbons (Fsp3) is 0.538. The van der Waals surface area contributed by atoms with E-state index in [-0.39, 0.29) is 11.4 Å². The molecule has 0 saturated carbocycles. The normalized spacial score (nSPS) is 24.2. The van der Waals surface area contributed by atoms with Gasteiger partial charge in [-0.3, -0.25) is 5.41 Å². The van der Waals surface area contributed by atoms with E-state index in [2.05, 4.69) is 11.2 Å². The topological polar surface area (TPSA) is 87.0 Å². The van der Waals surface area contributed by atoms with Gasteiger partial charge >= 0.3 is 0 Å². The summed E-state index contributed by atoms with van der Waals surface area (Å²) < 4.78 is 0. The first-order chi connectivity index (χ1) is 8.46. The fourth-order valence-corrected chi connectivity index (χ4v) is 1.86. The molecule has 1 rings (SSSR count). The number of nitriles is 2. The van der Waals surface area contributed by atoms with Gasteiger partial charge in [0.05, 0.1) is 17.2 Å². The van der Waals surface area contributed by atoms with Crippen molar-refractivity contribution in [3.8, 4) is 12.1 Å². The molecule has 0 saturated heterocycles. The molecule has 0 aliphatic carbocycles. The molecule has 0 aromatic heterocycles. The third-order valence-corrected chi connectivity index (χ3v) is 3.40. The summed E-state index contributed by atoms with van der Waals surface area (Å²) in [5.41, 5.74) is 0.656. The molecule has 5 nitrogen and oxygen atoms in total. The Hall–Kier alpha value is -2.14. The van der Waals surface area contributed by atoms with E-state index >= 15 is 0 Å². The highest BCUT2D eigenvalue weighted by Crippen LogP contribution is 2.38. The van der Waals surface area contributed by atoms with Crippen molar-refractivity contribution in [2.24, 2.45) is 5.10 Å². The lowest BCUT2D eigenvalue weighted by Gasteiger charge is -2.32. The van der Waals surface area contributed by atoms with Crippen LogP contribution in [0.1, 0.15) is 40.5 Å². The molecule has 0 aromatic rings. The average molecular weight is 243 g/mol. The lowest BCUT2D eigenvalue weighted by molar-refractivity contribution is 0.252. The molecule has 0 spiro atoms. The minimum absolute atomic E-state index is 0.0196. The fourth-order valence-electron chi connectivity index (χ4n) is 1.86. The minimum atomic E-state index is -0.687. The van der Waals surface area contributed by atoms with E-state index in [4.69, 9.17) is 10.7 Å². The summed E-state index contributed by atoms with van der Waals surface area (Å²) in [4.78, 5) is 0. The summed E-state index contributed by atoms with van der Waals surface area (Å²) in [5.74, 6) is 0.0196. The van der Waals surface area contributed by atoms with Crippen molar-refractivity contribution in [1.82, 2.24) is 5.01 Å². The van der Waals surface area contributed by atoms with Crippen LogP contribution in [0, 0.1) is 28.1 Å². The Morgan fingerprint density at radius 2 is 2.00 bits per heavy atom. The van der Waals surface area contributed by atoms with E-state index in [9.17, 15) is 5.26 Å². The van der Waals surface area contributed by atoms with E-state index in [1.807, 2.05) is 33.8 Å². The first-order valence-electron chi connectivity index (χ1n) is 5.94. The Balaban J connectivity index is 3.40. The third kappa shape index (κ3) is 1.89. The van der Waals surface area contributed by atoms with Gasteiger partial charge in [0.25, 0.3) is 0 Å². The molecule has 0 bridgehead atoms. The standard InChI is InChI=1S/C13H17N5/c1-5-9(3)17-18-12(16)10(7-14)11(8-15)13(18,4)6-2/h16H,5-6H2,1-4H3/b16-12?,17-9+. The lowest BCUT2D eigenvalue weighted by atomic mass is 9.90. The highest BCUT2D eigenvalue weighted by Gasteiger charge is 2.46. The lowest BCUT2D eigenvalue weighted by Crippen LogP contribution is -2.42. The van der Waals surface area contributed by atoms with Gasteiger partial charge < -0.3 is 0 Å². The SMILES string of the molecule is CC/C(C)=N/N1C(=N)C(C#N)=C(C#N)C1(C)CC. The number of hydrogen-bond acceptors (Lipinski definition) is 4. The second-order valence-electron chi connectivity index (χ2n) is 4.45. The highest BCUT2D eigenvalue weighted by atomic mass is 15.5. The quantitative estimate of drug-likeness (QED) is 0.773. The molecule has 0 aromatic carbocycles. The van der Waals surface area contributed by atoms with Gasteiger partial charge in [0.1, 0.15) is 11.6 Å². The van der Waals surface area contributed by atoms with Crippen molar-refractivity contribution in [2.45, 2.75) is 46.1 Å². The van der Waals surface area contributed by atoms with E-state index in [0.717, 1.165) is 12.1 Å². The summed E-state index contributed by atoms with van der Waals surface area (Å²) in [6.07, 6.45) is 1.39. The van der Waals surface area contributed by atoms with Gasteiger partial charge in [0.2, 0.25) is 0 Å². The van der Waals surface area contributed by atoms with Crippen molar-refractivity contribution in [3.63, 3.8) is 0 Å². The molecule has 0 radical (unpaired) electrons. The maximum Gasteiger partial charge on any atom is 0.161 e. The molecule has 0 amide bonds. The zero-order valence-electron chi connectivity index (χ0n) is 11.2. The van der Waals surface area contributed by atoms with E-state index in [1.54, 1.807) is 0 Å². The van der Waals surface area contributed by atoms with Gasteiger partial charge in [-0.25, -0.2) is 5.01 Å². The van der Waals surface area contributed by atoms with Crippen molar-refractivity contribution < 1.29 is 0 Å². The predicted octanol–water partition coefficient (Wildman–Crippen LogP) is 2.58. The van der Waals surface area contributed by atoms with Crippen LogP contribution in [-0.4, -0.2) is 22.1 Å². The molecule has 18 heavy (non-hydrogen) atoms. The van der Waals surface area contributed by atoms with Gasteiger partial charge in [0, 0.05) is 5.71 Å². The average Bonchev–Trinajstić information content (AvgIpc) is 2.59. The molecule has 1 aliphatic heterocycles. The molecular weight excluding hydrogens is 226 g/mol. The van der Waals surface area contributed by atoms with Gasteiger partial charge in [0.15, 0.2) is 5.84 Å². The van der Waals surface area contributed by atoms with E-state index in [0.29, 0.717) is 12.0 Å². The van der Waals surface area contributed by atoms with Crippen molar-refractivity contribution in [1.29, 1.82) is 15.9 Å². The van der Waals surface area contributed by atoms with Crippen LogP contribution in [0.4, 0.5) is 0 Å². The maximum absolute atomic E-state index is 9.23. The van der Waals surface area contributed by atoms with Crippen molar-refractivity contribution in [2.75, 3.05) is 0 Å². The summed E-state index contributed by atoms with van der Waals surface area (Å²) in [6, 6.07) is 4.01. The summed E-state index contributed by atoms with van der Waals surface area (Å²) in [6.45, 7) is 7.62. The Morgan fingerprint density at radius 1 is 1.39 bits per heavy atom. The molecule has 1 atom stereocenters. The van der Waals surface area contributed by atoms with Gasteiger partial charge in [-0.2, -0.15) is 15.6 Å². The van der Waals surface area contributed by atoms with Crippen molar-refractivity contribution in [3.05, 3.63) is 11.1 Å². The number of hydrazone groups is 1. The molecule has 0 fully saturated rings. The second kappa shape index (κ2) is 5.01. The minimum Gasteiger partial charge on any atom is -0.282 e. The van der Waals surface area contributed by atoms with Crippen LogP contribution in [0.2, 0.25) is 0 Å². The molecule has 1 N–H and O–H groups in total. The smallest absolute Gasteiger partial charge is 0.161 e. The zero-order chi connectivity index (χ0) is 13.9. The highest BCUT2D eigenvalue weighted by molar-refractivity contribution is 6.05. The van der Waals surface area contributed by atoms with E-state index in [1.165, 1.54) is 5.01 Å². The van der Waals surface area contributed by atoms with Crippen LogP contribution in [0.5, 0.6) is 0 Å². The maximum atomic E-state index is 9.23. The summed E-state index contributed by atoms with van der Waals surface area (Å²) in [7, 11) is 0. The molecular formula is C13H17N5. The van der Waals surface area contributed by atoms with Crippen LogP contribution >= 0.6 is 0 Å². The number of rotatable bonds is 3. The van der Waals surface area contributed by atoms with Crippen LogP contribution in [0.15, 0.2) is 16.2 Å². The largest absolute Gasteiger partial charge is 0.282 e. The molecule has 94 valence electrons. The number of amidine groups is 1. The van der Waals surface area contributed by atoms with Crippen LogP contribution in [0.3, 0.4) is 0 Å². The number of nitrogens with zero attached hydrogens (tertiary/aromatic N) is 4. The number of hydrogen-bond donors (Lipinski definition) is 1. The first-order valence-corrected chi connectivity index (χ1v) is 5.94. The van der Waals surface area contributed by atoms with Crippen LogP contribution in [0.25, 0.3) is 0 Å². The Morgan fingerprint density at radius 3 is 2.39 bits per heavy atom. The third-order valence-electron chi connectivity index (χ3n) is 3.40. The monoisotopic (exact) mass is 243 g/mol. The van der Waals surface area contributed by atoms with Gasteiger partial charge in [-0.05, 0) is 26.7 Å². The second-order valence-corrected chi connectivity index (χ2v) is 4.45. The summed E-state index contributed by atoms with van der Waals surface area (Å²) in [5, 5.41) is 32.2. The van der Waals surface area contributed by atoms with Gasteiger partial charge in [-0.1, -0.05) is 13.8 Å². The van der Waals surface area contributed by atoms with Crippen molar-refractivity contribution >= 4 is 11.5 Å². The zero-order valence-corrected chi connectivity index (χ0v) is 11.2. The Labute approximate surface area is 108 Å². The molecule has 1 unspecified atom stereocenters. The Bertz CT molecular complexity index is 514. The van der Waals surface area contributed by atoms with Crippen LogP contribution in [-0.2, 0) is 0 Å². The molecule has 5 heteroatoms. The first kappa shape index (κ1) is 13.9. The molecule has 1 heterocycles. The number of nitrogens with one attached hydrogen (secondary N) is 1. The Kier molecular flexibility index (Phi) is 3.88. The van der Waals surface area contributed by atoms with E-state index < -0.39 is 5.54 Å². The molecule has 1 aliphatic rings. The predicted molar refractivity (Wildman–Crippen MR) is 69.9 cm³/mol.